The number of morpholine rings is 1. The number of nitrogens with one attached hydrogen (secondary N) is 1. The van der Waals surface area contributed by atoms with Crippen molar-refractivity contribution in [3.8, 4) is 0 Å². The fraction of sp³-hybridized carbons (Fsp3) is 0.435. The highest BCUT2D eigenvalue weighted by atomic mass is 127. The lowest BCUT2D eigenvalue weighted by atomic mass is 10.1. The van der Waals surface area contributed by atoms with Crippen LogP contribution in [-0.2, 0) is 24.4 Å². The SMILES string of the molecule is CN=C(NCc1ccccc1CN1CCOCC1)N(C)Cc1ccccc1C.I. The van der Waals surface area contributed by atoms with Gasteiger partial charge in [-0.15, -0.1) is 24.0 Å². The number of guanidine groups is 1. The summed E-state index contributed by atoms with van der Waals surface area (Å²) in [6, 6.07) is 17.2. The third kappa shape index (κ3) is 6.97. The van der Waals surface area contributed by atoms with Crippen molar-refractivity contribution in [3.05, 3.63) is 70.8 Å². The Morgan fingerprint density at radius 2 is 1.66 bits per heavy atom. The number of rotatable bonds is 6. The second-order valence-corrected chi connectivity index (χ2v) is 7.34. The second-order valence-electron chi connectivity index (χ2n) is 7.34. The van der Waals surface area contributed by atoms with Gasteiger partial charge in [0.1, 0.15) is 0 Å². The van der Waals surface area contributed by atoms with Gasteiger partial charge in [0.25, 0.3) is 0 Å². The third-order valence-corrected chi connectivity index (χ3v) is 5.30. The highest BCUT2D eigenvalue weighted by molar-refractivity contribution is 14.0. The lowest BCUT2D eigenvalue weighted by Gasteiger charge is -2.28. The van der Waals surface area contributed by atoms with Crippen molar-refractivity contribution < 1.29 is 4.74 Å². The second kappa shape index (κ2) is 12.1. The van der Waals surface area contributed by atoms with E-state index in [1.54, 1.807) is 0 Å². The van der Waals surface area contributed by atoms with Crippen molar-refractivity contribution >= 4 is 29.9 Å². The number of hydrogen-bond acceptors (Lipinski definition) is 3. The molecular weight excluding hydrogens is 475 g/mol. The lowest BCUT2D eigenvalue weighted by Crippen LogP contribution is -2.39. The largest absolute Gasteiger partial charge is 0.379 e. The van der Waals surface area contributed by atoms with E-state index in [0.717, 1.165) is 51.9 Å². The first-order valence-electron chi connectivity index (χ1n) is 10.0. The molecule has 1 heterocycles. The van der Waals surface area contributed by atoms with Gasteiger partial charge in [-0.05, 0) is 29.2 Å². The molecule has 1 N–H and O–H groups in total. The van der Waals surface area contributed by atoms with Crippen LogP contribution in [0.4, 0.5) is 0 Å². The van der Waals surface area contributed by atoms with E-state index < -0.39 is 0 Å². The van der Waals surface area contributed by atoms with Gasteiger partial charge < -0.3 is 15.0 Å². The molecule has 5 nitrogen and oxygen atoms in total. The molecule has 1 aliphatic rings. The van der Waals surface area contributed by atoms with Gasteiger partial charge in [-0.25, -0.2) is 0 Å². The van der Waals surface area contributed by atoms with Crippen LogP contribution in [0.2, 0.25) is 0 Å². The Kier molecular flexibility index (Phi) is 9.90. The molecule has 0 saturated carbocycles. The Morgan fingerprint density at radius 3 is 2.31 bits per heavy atom. The molecule has 1 saturated heterocycles. The molecule has 0 amide bonds. The van der Waals surface area contributed by atoms with Gasteiger partial charge in [-0.1, -0.05) is 48.5 Å². The van der Waals surface area contributed by atoms with E-state index in [2.05, 4.69) is 82.6 Å². The predicted octanol–water partition coefficient (Wildman–Crippen LogP) is 3.65. The molecule has 29 heavy (non-hydrogen) atoms. The summed E-state index contributed by atoms with van der Waals surface area (Å²) in [5.41, 5.74) is 5.31. The fourth-order valence-corrected chi connectivity index (χ4v) is 3.56. The molecule has 1 aliphatic heterocycles. The number of benzene rings is 2. The molecule has 0 spiro atoms. The van der Waals surface area contributed by atoms with Crippen LogP contribution in [-0.4, -0.2) is 56.2 Å². The molecule has 2 aromatic rings. The summed E-state index contributed by atoms with van der Waals surface area (Å²) in [5, 5.41) is 3.54. The summed E-state index contributed by atoms with van der Waals surface area (Å²) in [6.45, 7) is 8.39. The Balaban J connectivity index is 0.00000300. The van der Waals surface area contributed by atoms with Crippen molar-refractivity contribution in [1.82, 2.24) is 15.1 Å². The van der Waals surface area contributed by atoms with Gasteiger partial charge in [0.05, 0.1) is 13.2 Å². The van der Waals surface area contributed by atoms with Gasteiger partial charge in [0.15, 0.2) is 5.96 Å². The summed E-state index contributed by atoms with van der Waals surface area (Å²) in [5.74, 6) is 0.907. The van der Waals surface area contributed by atoms with Crippen LogP contribution in [0.1, 0.15) is 22.3 Å². The molecule has 0 bridgehead atoms. The van der Waals surface area contributed by atoms with Crippen molar-refractivity contribution in [2.24, 2.45) is 4.99 Å². The number of aryl methyl sites for hydroxylation is 1. The van der Waals surface area contributed by atoms with Crippen LogP contribution < -0.4 is 5.32 Å². The maximum absolute atomic E-state index is 5.47. The summed E-state index contributed by atoms with van der Waals surface area (Å²) in [6.07, 6.45) is 0. The van der Waals surface area contributed by atoms with E-state index >= 15 is 0 Å². The first-order chi connectivity index (χ1) is 13.7. The van der Waals surface area contributed by atoms with Gasteiger partial charge in [0, 0.05) is 46.8 Å². The minimum atomic E-state index is 0. The lowest BCUT2D eigenvalue weighted by molar-refractivity contribution is 0.0341. The molecule has 0 unspecified atom stereocenters. The van der Waals surface area contributed by atoms with Crippen molar-refractivity contribution in [3.63, 3.8) is 0 Å². The normalized spacial score (nSPS) is 14.9. The van der Waals surface area contributed by atoms with E-state index in [-0.39, 0.29) is 24.0 Å². The summed E-state index contributed by atoms with van der Waals surface area (Å²) in [4.78, 5) is 9.11. The van der Waals surface area contributed by atoms with E-state index in [4.69, 9.17) is 4.74 Å². The Hall–Kier alpha value is -1.64. The quantitative estimate of drug-likeness (QED) is 0.368. The number of ether oxygens (including phenoxy) is 1. The van der Waals surface area contributed by atoms with Crippen LogP contribution in [0.25, 0.3) is 0 Å². The smallest absolute Gasteiger partial charge is 0.193 e. The molecule has 0 atom stereocenters. The zero-order valence-electron chi connectivity index (χ0n) is 17.7. The van der Waals surface area contributed by atoms with Crippen molar-refractivity contribution in [1.29, 1.82) is 0 Å². The van der Waals surface area contributed by atoms with Crippen molar-refractivity contribution in [2.45, 2.75) is 26.6 Å². The standard InChI is InChI=1S/C23H32N4O.HI/c1-19-8-4-5-10-21(19)17-26(3)23(24-2)25-16-20-9-6-7-11-22(20)18-27-12-14-28-15-13-27;/h4-11H,12-18H2,1-3H3,(H,24,25);1H. The van der Waals surface area contributed by atoms with E-state index in [9.17, 15) is 0 Å². The topological polar surface area (TPSA) is 40.1 Å². The molecule has 1 fully saturated rings. The van der Waals surface area contributed by atoms with Crippen LogP contribution >= 0.6 is 24.0 Å². The molecular formula is C23H33IN4O. The zero-order chi connectivity index (χ0) is 19.8. The van der Waals surface area contributed by atoms with E-state index in [1.807, 2.05) is 7.05 Å². The summed E-state index contributed by atoms with van der Waals surface area (Å²) in [7, 11) is 3.93. The molecule has 6 heteroatoms. The molecule has 158 valence electrons. The molecule has 2 aromatic carbocycles. The summed E-state index contributed by atoms with van der Waals surface area (Å²) >= 11 is 0. The maximum Gasteiger partial charge on any atom is 0.193 e. The first kappa shape index (κ1) is 23.6. The average molecular weight is 508 g/mol. The fourth-order valence-electron chi connectivity index (χ4n) is 3.56. The monoisotopic (exact) mass is 508 g/mol. The van der Waals surface area contributed by atoms with Gasteiger partial charge >= 0.3 is 0 Å². The van der Waals surface area contributed by atoms with Crippen LogP contribution in [0.3, 0.4) is 0 Å². The number of nitrogens with zero attached hydrogens (tertiary/aromatic N) is 3. The van der Waals surface area contributed by atoms with Crippen LogP contribution in [0, 0.1) is 6.92 Å². The molecule has 3 rings (SSSR count). The highest BCUT2D eigenvalue weighted by Crippen LogP contribution is 2.14. The first-order valence-corrected chi connectivity index (χ1v) is 10.0. The minimum Gasteiger partial charge on any atom is -0.379 e. The Labute approximate surface area is 192 Å². The minimum absolute atomic E-state index is 0. The van der Waals surface area contributed by atoms with Crippen molar-refractivity contribution in [2.75, 3.05) is 40.4 Å². The highest BCUT2D eigenvalue weighted by Gasteiger charge is 2.13. The average Bonchev–Trinajstić information content (AvgIpc) is 2.72. The maximum atomic E-state index is 5.47. The predicted molar refractivity (Wildman–Crippen MR) is 131 cm³/mol. The van der Waals surface area contributed by atoms with Gasteiger partial charge in [-0.2, -0.15) is 0 Å². The molecule has 0 aromatic heterocycles. The Bertz CT molecular complexity index is 790. The number of halogens is 1. The van der Waals surface area contributed by atoms with Gasteiger partial charge in [0.2, 0.25) is 0 Å². The summed E-state index contributed by atoms with van der Waals surface area (Å²) < 4.78 is 5.47. The Morgan fingerprint density at radius 1 is 1.03 bits per heavy atom. The molecule has 0 radical (unpaired) electrons. The number of hydrogen-bond donors (Lipinski definition) is 1. The third-order valence-electron chi connectivity index (χ3n) is 5.30. The van der Waals surface area contributed by atoms with Gasteiger partial charge in [-0.3, -0.25) is 9.89 Å². The number of aliphatic imine (C=N–C) groups is 1. The van der Waals surface area contributed by atoms with Crippen LogP contribution in [0.15, 0.2) is 53.5 Å². The van der Waals surface area contributed by atoms with E-state index in [1.165, 1.54) is 22.3 Å². The van der Waals surface area contributed by atoms with Crippen LogP contribution in [0.5, 0.6) is 0 Å². The van der Waals surface area contributed by atoms with E-state index in [0.29, 0.717) is 0 Å². The molecule has 0 aliphatic carbocycles. The zero-order valence-corrected chi connectivity index (χ0v) is 20.1.